The summed E-state index contributed by atoms with van der Waals surface area (Å²) in [5.74, 6) is 1.34. The Kier molecular flexibility index (Phi) is 6.89. The lowest BCUT2D eigenvalue weighted by atomic mass is 10.1. The average molecular weight is 365 g/mol. The van der Waals surface area contributed by atoms with Crippen LogP contribution in [0.4, 0.5) is 13.2 Å². The number of benzene rings is 2. The van der Waals surface area contributed by atoms with Gasteiger partial charge in [-0.25, -0.2) is 0 Å². The molecule has 26 heavy (non-hydrogen) atoms. The Hall–Kier alpha value is -2.70. The Bertz CT molecular complexity index is 728. The highest BCUT2D eigenvalue weighted by Crippen LogP contribution is 2.29. The van der Waals surface area contributed by atoms with Crippen LogP contribution < -0.4 is 15.4 Å². The Morgan fingerprint density at radius 3 is 2.38 bits per heavy atom. The summed E-state index contributed by atoms with van der Waals surface area (Å²) in [6, 6.07) is 13.0. The van der Waals surface area contributed by atoms with Gasteiger partial charge in [-0.15, -0.1) is 0 Å². The highest BCUT2D eigenvalue weighted by Gasteiger charge is 2.30. The van der Waals surface area contributed by atoms with Crippen LogP contribution in [0.3, 0.4) is 0 Å². The smallest absolute Gasteiger partial charge is 0.416 e. The third kappa shape index (κ3) is 5.98. The summed E-state index contributed by atoms with van der Waals surface area (Å²) in [5, 5.41) is 6.17. The van der Waals surface area contributed by atoms with E-state index in [0.717, 1.165) is 29.9 Å². The van der Waals surface area contributed by atoms with E-state index in [2.05, 4.69) is 15.6 Å². The summed E-state index contributed by atoms with van der Waals surface area (Å²) in [6.07, 6.45) is -3.55. The molecule has 0 aliphatic carbocycles. The van der Waals surface area contributed by atoms with E-state index in [0.29, 0.717) is 18.1 Å². The van der Waals surface area contributed by atoms with Crippen molar-refractivity contribution in [1.29, 1.82) is 0 Å². The van der Waals surface area contributed by atoms with Crippen LogP contribution >= 0.6 is 0 Å². The van der Waals surface area contributed by atoms with Crippen LogP contribution in [0.15, 0.2) is 53.5 Å². The molecule has 0 spiro atoms. The van der Waals surface area contributed by atoms with Crippen LogP contribution in [0.5, 0.6) is 5.75 Å². The predicted octanol–water partition coefficient (Wildman–Crippen LogP) is 3.62. The van der Waals surface area contributed by atoms with Gasteiger partial charge < -0.3 is 15.4 Å². The fraction of sp³-hybridized carbons (Fsp3) is 0.316. The van der Waals surface area contributed by atoms with Gasteiger partial charge in [0.1, 0.15) is 5.75 Å². The van der Waals surface area contributed by atoms with Crippen molar-refractivity contribution < 1.29 is 17.9 Å². The first-order chi connectivity index (χ1) is 12.4. The summed E-state index contributed by atoms with van der Waals surface area (Å²) in [4.78, 5) is 4.09. The first-order valence-electron chi connectivity index (χ1n) is 8.16. The number of methoxy groups -OCH3 is 1. The largest absolute Gasteiger partial charge is 0.497 e. The second kappa shape index (κ2) is 9.12. The Balaban J connectivity index is 1.82. The maximum absolute atomic E-state index is 12.7. The molecule has 4 nitrogen and oxygen atoms in total. The van der Waals surface area contributed by atoms with Gasteiger partial charge in [0.25, 0.3) is 0 Å². The van der Waals surface area contributed by atoms with Crippen molar-refractivity contribution in [1.82, 2.24) is 10.6 Å². The number of nitrogens with one attached hydrogen (secondary N) is 2. The van der Waals surface area contributed by atoms with Gasteiger partial charge in [-0.1, -0.05) is 24.3 Å². The first-order valence-corrected chi connectivity index (χ1v) is 8.16. The monoisotopic (exact) mass is 365 g/mol. The topological polar surface area (TPSA) is 45.7 Å². The number of hydrogen-bond donors (Lipinski definition) is 2. The second-order valence-electron chi connectivity index (χ2n) is 5.65. The van der Waals surface area contributed by atoms with Crippen molar-refractivity contribution >= 4 is 5.96 Å². The number of halogens is 3. The zero-order chi connectivity index (χ0) is 19.0. The van der Waals surface area contributed by atoms with Gasteiger partial charge in [0.15, 0.2) is 5.96 Å². The minimum Gasteiger partial charge on any atom is -0.497 e. The summed E-state index contributed by atoms with van der Waals surface area (Å²) in [7, 11) is 3.24. The van der Waals surface area contributed by atoms with E-state index in [1.165, 1.54) is 6.07 Å². The van der Waals surface area contributed by atoms with Crippen molar-refractivity contribution in [3.8, 4) is 5.75 Å². The molecule has 2 N–H and O–H groups in total. The highest BCUT2D eigenvalue weighted by atomic mass is 19.4. The van der Waals surface area contributed by atoms with Gasteiger partial charge in [-0.05, 0) is 41.8 Å². The molecule has 0 heterocycles. The molecular formula is C19H22F3N3O. The minimum absolute atomic E-state index is 0.256. The second-order valence-corrected chi connectivity index (χ2v) is 5.65. The molecule has 0 aromatic heterocycles. The molecule has 0 atom stereocenters. The molecular weight excluding hydrogens is 343 g/mol. The van der Waals surface area contributed by atoms with Crippen molar-refractivity contribution in [2.24, 2.45) is 4.99 Å². The van der Waals surface area contributed by atoms with Gasteiger partial charge in [-0.3, -0.25) is 4.99 Å². The third-order valence-corrected chi connectivity index (χ3v) is 3.80. The standard InChI is InChI=1S/C19H22F3N3O/c1-23-18(24-11-10-14-6-8-17(26-2)9-7-14)25-13-15-4-3-5-16(12-15)19(20,21)22/h3-9,12H,10-11,13H2,1-2H3,(H2,23,24,25). The molecule has 0 amide bonds. The number of alkyl halides is 3. The van der Waals surface area contributed by atoms with E-state index in [1.807, 2.05) is 24.3 Å². The number of rotatable bonds is 6. The SMILES string of the molecule is CN=C(NCCc1ccc(OC)cc1)NCc1cccc(C(F)(F)F)c1. The van der Waals surface area contributed by atoms with Crippen molar-refractivity contribution in [3.63, 3.8) is 0 Å². The molecule has 0 radical (unpaired) electrons. The lowest BCUT2D eigenvalue weighted by Crippen LogP contribution is -2.37. The average Bonchev–Trinajstić information content (AvgIpc) is 2.64. The van der Waals surface area contributed by atoms with Gasteiger partial charge >= 0.3 is 6.18 Å². The molecule has 0 unspecified atom stereocenters. The van der Waals surface area contributed by atoms with Crippen LogP contribution in [0.1, 0.15) is 16.7 Å². The number of aliphatic imine (C=N–C) groups is 1. The van der Waals surface area contributed by atoms with E-state index < -0.39 is 11.7 Å². The van der Waals surface area contributed by atoms with Crippen LogP contribution in [-0.2, 0) is 19.1 Å². The fourth-order valence-electron chi connectivity index (χ4n) is 2.38. The van der Waals surface area contributed by atoms with E-state index in [-0.39, 0.29) is 6.54 Å². The minimum atomic E-state index is -4.34. The molecule has 140 valence electrons. The van der Waals surface area contributed by atoms with E-state index >= 15 is 0 Å². The normalized spacial score (nSPS) is 12.0. The maximum atomic E-state index is 12.7. The fourth-order valence-corrected chi connectivity index (χ4v) is 2.38. The summed E-state index contributed by atoms with van der Waals surface area (Å²) in [6.45, 7) is 0.903. The maximum Gasteiger partial charge on any atom is 0.416 e. The van der Waals surface area contributed by atoms with Crippen molar-refractivity contribution in [2.45, 2.75) is 19.1 Å². The summed E-state index contributed by atoms with van der Waals surface area (Å²) < 4.78 is 43.3. The number of hydrogen-bond acceptors (Lipinski definition) is 2. The zero-order valence-electron chi connectivity index (χ0n) is 14.7. The van der Waals surface area contributed by atoms with Gasteiger partial charge in [-0.2, -0.15) is 13.2 Å². The lowest BCUT2D eigenvalue weighted by Gasteiger charge is -2.13. The molecule has 2 aromatic carbocycles. The predicted molar refractivity (Wildman–Crippen MR) is 96.3 cm³/mol. The van der Waals surface area contributed by atoms with E-state index in [9.17, 15) is 13.2 Å². The summed E-state index contributed by atoms with van der Waals surface area (Å²) in [5.41, 5.74) is 1.03. The highest BCUT2D eigenvalue weighted by molar-refractivity contribution is 5.79. The van der Waals surface area contributed by atoms with Crippen LogP contribution in [0.2, 0.25) is 0 Å². The van der Waals surface area contributed by atoms with Gasteiger partial charge in [0.2, 0.25) is 0 Å². The molecule has 7 heteroatoms. The quantitative estimate of drug-likeness (QED) is 0.607. The Labute approximate surface area is 151 Å². The number of guanidine groups is 1. The Morgan fingerprint density at radius 1 is 1.04 bits per heavy atom. The molecule has 2 aromatic rings. The van der Waals surface area contributed by atoms with Crippen molar-refractivity contribution in [2.75, 3.05) is 20.7 Å². The van der Waals surface area contributed by atoms with Crippen LogP contribution in [0, 0.1) is 0 Å². The number of ether oxygens (including phenoxy) is 1. The van der Waals surface area contributed by atoms with Gasteiger partial charge in [0, 0.05) is 20.1 Å². The molecule has 0 bridgehead atoms. The lowest BCUT2D eigenvalue weighted by molar-refractivity contribution is -0.137. The van der Waals surface area contributed by atoms with Crippen LogP contribution in [-0.4, -0.2) is 26.7 Å². The van der Waals surface area contributed by atoms with E-state index in [1.54, 1.807) is 20.2 Å². The molecule has 0 aliphatic heterocycles. The molecule has 2 rings (SSSR count). The number of nitrogens with zero attached hydrogens (tertiary/aromatic N) is 1. The first kappa shape index (κ1) is 19.6. The Morgan fingerprint density at radius 2 is 1.77 bits per heavy atom. The molecule has 0 fully saturated rings. The van der Waals surface area contributed by atoms with Crippen molar-refractivity contribution in [3.05, 3.63) is 65.2 Å². The molecule has 0 aliphatic rings. The van der Waals surface area contributed by atoms with Gasteiger partial charge in [0.05, 0.1) is 12.7 Å². The zero-order valence-corrected chi connectivity index (χ0v) is 14.7. The third-order valence-electron chi connectivity index (χ3n) is 3.80. The summed E-state index contributed by atoms with van der Waals surface area (Å²) >= 11 is 0. The van der Waals surface area contributed by atoms with E-state index in [4.69, 9.17) is 4.74 Å². The molecule has 0 saturated heterocycles. The van der Waals surface area contributed by atoms with Crippen LogP contribution in [0.25, 0.3) is 0 Å². The molecule has 0 saturated carbocycles.